The topological polar surface area (TPSA) is 43.1 Å². The number of rotatable bonds is 2. The van der Waals surface area contributed by atoms with Gasteiger partial charge in [0.15, 0.2) is 0 Å². The first-order valence-electron chi connectivity index (χ1n) is 4.62. The molecule has 0 saturated heterocycles. The van der Waals surface area contributed by atoms with Gasteiger partial charge in [-0.2, -0.15) is 0 Å². The Morgan fingerprint density at radius 1 is 1.33 bits per heavy atom. The number of aryl methyl sites for hydroxylation is 1. The average molecular weight is 217 g/mol. The first-order valence-corrected chi connectivity index (χ1v) is 5.50. The number of hydrogen-bond acceptors (Lipinski definition) is 3. The van der Waals surface area contributed by atoms with Crippen molar-refractivity contribution in [2.75, 3.05) is 5.73 Å². The molecule has 0 aliphatic rings. The van der Waals surface area contributed by atoms with E-state index < -0.39 is 0 Å². The second kappa shape index (κ2) is 3.87. The molecular weight excluding hydrogens is 206 g/mol. The molecule has 2 nitrogen and oxygen atoms in total. The van der Waals surface area contributed by atoms with Crippen molar-refractivity contribution in [2.24, 2.45) is 0 Å². The molecule has 0 amide bonds. The number of carbonyl (C=O) groups is 1. The molecule has 0 aliphatic heterocycles. The van der Waals surface area contributed by atoms with Gasteiger partial charge >= 0.3 is 0 Å². The fraction of sp³-hybridized carbons (Fsp3) is 0.0833. The number of ketones is 1. The van der Waals surface area contributed by atoms with E-state index >= 15 is 0 Å². The van der Waals surface area contributed by atoms with Crippen molar-refractivity contribution in [3.8, 4) is 0 Å². The number of nitrogen functional groups attached to an aromatic ring is 1. The lowest BCUT2D eigenvalue weighted by Gasteiger charge is -2.02. The van der Waals surface area contributed by atoms with Crippen LogP contribution in [-0.4, -0.2) is 5.78 Å². The first-order chi connectivity index (χ1) is 7.16. The van der Waals surface area contributed by atoms with E-state index in [1.54, 1.807) is 6.07 Å². The van der Waals surface area contributed by atoms with Crippen LogP contribution in [0.25, 0.3) is 0 Å². The highest BCUT2D eigenvalue weighted by Crippen LogP contribution is 2.18. The molecule has 1 aromatic carbocycles. The van der Waals surface area contributed by atoms with Crippen molar-refractivity contribution in [1.82, 2.24) is 0 Å². The van der Waals surface area contributed by atoms with Crippen LogP contribution in [0.1, 0.15) is 20.8 Å². The third kappa shape index (κ3) is 2.07. The van der Waals surface area contributed by atoms with Crippen molar-refractivity contribution in [2.45, 2.75) is 6.92 Å². The van der Waals surface area contributed by atoms with Crippen LogP contribution in [0, 0.1) is 6.92 Å². The van der Waals surface area contributed by atoms with E-state index in [2.05, 4.69) is 0 Å². The predicted octanol–water partition coefficient (Wildman–Crippen LogP) is 2.87. The van der Waals surface area contributed by atoms with Crippen LogP contribution in [-0.2, 0) is 0 Å². The van der Waals surface area contributed by atoms with Gasteiger partial charge in [0.2, 0.25) is 5.78 Å². The Balaban J connectivity index is 2.42. The minimum Gasteiger partial charge on any atom is -0.399 e. The molecule has 15 heavy (non-hydrogen) atoms. The summed E-state index contributed by atoms with van der Waals surface area (Å²) in [4.78, 5) is 12.7. The Bertz CT molecular complexity index is 468. The fourth-order valence-corrected chi connectivity index (χ4v) is 2.18. The molecule has 0 radical (unpaired) electrons. The number of anilines is 1. The molecular formula is C12H11NOS. The molecule has 0 saturated carbocycles. The number of hydrogen-bond donors (Lipinski definition) is 1. The lowest BCUT2D eigenvalue weighted by atomic mass is 10.1. The van der Waals surface area contributed by atoms with Gasteiger partial charge in [0, 0.05) is 11.3 Å². The molecule has 0 spiro atoms. The molecule has 1 heterocycles. The van der Waals surface area contributed by atoms with Gasteiger partial charge in [-0.15, -0.1) is 11.3 Å². The van der Waals surface area contributed by atoms with Crippen molar-refractivity contribution in [3.05, 3.63) is 51.7 Å². The smallest absolute Gasteiger partial charge is 0.203 e. The third-order valence-electron chi connectivity index (χ3n) is 2.11. The van der Waals surface area contributed by atoms with Crippen molar-refractivity contribution < 1.29 is 4.79 Å². The molecule has 0 bridgehead atoms. The Labute approximate surface area is 92.4 Å². The fourth-order valence-electron chi connectivity index (χ4n) is 1.49. The molecule has 0 fully saturated rings. The Morgan fingerprint density at radius 3 is 2.73 bits per heavy atom. The SMILES string of the molecule is Cc1cc(N)cc(C(=O)c2cccs2)c1. The van der Waals surface area contributed by atoms with Gasteiger partial charge in [0.1, 0.15) is 0 Å². The zero-order valence-corrected chi connectivity index (χ0v) is 9.17. The molecule has 0 atom stereocenters. The highest BCUT2D eigenvalue weighted by Gasteiger charge is 2.10. The highest BCUT2D eigenvalue weighted by atomic mass is 32.1. The van der Waals surface area contributed by atoms with Crippen LogP contribution >= 0.6 is 11.3 Å². The summed E-state index contributed by atoms with van der Waals surface area (Å²) in [6, 6.07) is 9.13. The van der Waals surface area contributed by atoms with Gasteiger partial charge in [0.25, 0.3) is 0 Å². The Kier molecular flexibility index (Phi) is 2.56. The second-order valence-corrected chi connectivity index (χ2v) is 4.39. The molecule has 76 valence electrons. The quantitative estimate of drug-likeness (QED) is 0.621. The number of benzene rings is 1. The predicted molar refractivity (Wildman–Crippen MR) is 63.3 cm³/mol. The number of thiophene rings is 1. The maximum absolute atomic E-state index is 12.0. The van der Waals surface area contributed by atoms with Crippen molar-refractivity contribution in [3.63, 3.8) is 0 Å². The van der Waals surface area contributed by atoms with Crippen LogP contribution in [0.3, 0.4) is 0 Å². The summed E-state index contributed by atoms with van der Waals surface area (Å²) < 4.78 is 0. The maximum atomic E-state index is 12.0. The molecule has 2 N–H and O–H groups in total. The standard InChI is InChI=1S/C12H11NOS/c1-8-5-9(7-10(13)6-8)12(14)11-3-2-4-15-11/h2-7H,13H2,1H3. The Hall–Kier alpha value is -1.61. The monoisotopic (exact) mass is 217 g/mol. The van der Waals surface area contributed by atoms with E-state index in [4.69, 9.17) is 5.73 Å². The average Bonchev–Trinajstić information content (AvgIpc) is 2.67. The first kappa shape index (κ1) is 9.93. The minimum atomic E-state index is 0.0420. The van der Waals surface area contributed by atoms with Crippen molar-refractivity contribution >= 4 is 22.8 Å². The van der Waals surface area contributed by atoms with E-state index in [0.29, 0.717) is 11.3 Å². The van der Waals surface area contributed by atoms with Crippen molar-refractivity contribution in [1.29, 1.82) is 0 Å². The van der Waals surface area contributed by atoms with Gasteiger partial charge in [-0.25, -0.2) is 0 Å². The highest BCUT2D eigenvalue weighted by molar-refractivity contribution is 7.12. The van der Waals surface area contributed by atoms with Gasteiger partial charge in [-0.1, -0.05) is 6.07 Å². The zero-order chi connectivity index (χ0) is 10.8. The molecule has 2 rings (SSSR count). The lowest BCUT2D eigenvalue weighted by Crippen LogP contribution is -2.00. The van der Waals surface area contributed by atoms with Crippen LogP contribution in [0.15, 0.2) is 35.7 Å². The van der Waals surface area contributed by atoms with E-state index in [0.717, 1.165) is 10.4 Å². The third-order valence-corrected chi connectivity index (χ3v) is 2.98. The molecule has 3 heteroatoms. The summed E-state index contributed by atoms with van der Waals surface area (Å²) in [5.74, 6) is 0.0420. The summed E-state index contributed by atoms with van der Waals surface area (Å²) in [7, 11) is 0. The summed E-state index contributed by atoms with van der Waals surface area (Å²) in [5.41, 5.74) is 8.01. The largest absolute Gasteiger partial charge is 0.399 e. The van der Waals surface area contributed by atoms with E-state index in [9.17, 15) is 4.79 Å². The summed E-state index contributed by atoms with van der Waals surface area (Å²) in [6.45, 7) is 1.93. The van der Waals surface area contributed by atoms with Crippen LogP contribution in [0.5, 0.6) is 0 Å². The lowest BCUT2D eigenvalue weighted by molar-refractivity contribution is 0.104. The van der Waals surface area contributed by atoms with Crippen LogP contribution in [0.2, 0.25) is 0 Å². The van der Waals surface area contributed by atoms with E-state index in [1.807, 2.05) is 36.6 Å². The molecule has 1 aromatic heterocycles. The summed E-state index contributed by atoms with van der Waals surface area (Å²) in [6.07, 6.45) is 0. The van der Waals surface area contributed by atoms with Gasteiger partial charge in [-0.3, -0.25) is 4.79 Å². The van der Waals surface area contributed by atoms with Crippen LogP contribution < -0.4 is 5.73 Å². The zero-order valence-electron chi connectivity index (χ0n) is 8.36. The summed E-state index contributed by atoms with van der Waals surface area (Å²) in [5, 5.41) is 1.90. The minimum absolute atomic E-state index is 0.0420. The molecule has 0 unspecified atom stereocenters. The molecule has 0 aliphatic carbocycles. The van der Waals surface area contributed by atoms with Gasteiger partial charge in [0.05, 0.1) is 4.88 Å². The van der Waals surface area contributed by atoms with E-state index in [1.165, 1.54) is 11.3 Å². The molecule has 2 aromatic rings. The van der Waals surface area contributed by atoms with E-state index in [-0.39, 0.29) is 5.78 Å². The normalized spacial score (nSPS) is 10.2. The van der Waals surface area contributed by atoms with Crippen LogP contribution in [0.4, 0.5) is 5.69 Å². The van der Waals surface area contributed by atoms with Gasteiger partial charge in [-0.05, 0) is 42.1 Å². The van der Waals surface area contributed by atoms with Gasteiger partial charge < -0.3 is 5.73 Å². The Morgan fingerprint density at radius 2 is 2.13 bits per heavy atom. The maximum Gasteiger partial charge on any atom is 0.203 e. The second-order valence-electron chi connectivity index (χ2n) is 3.44. The number of nitrogens with two attached hydrogens (primary N) is 1. The number of carbonyl (C=O) groups excluding carboxylic acids is 1. The summed E-state index contributed by atoms with van der Waals surface area (Å²) >= 11 is 1.45.